The van der Waals surface area contributed by atoms with Crippen molar-refractivity contribution in [1.29, 1.82) is 5.26 Å². The van der Waals surface area contributed by atoms with Crippen molar-refractivity contribution in [3.63, 3.8) is 0 Å². The summed E-state index contributed by atoms with van der Waals surface area (Å²) < 4.78 is 4.02. The summed E-state index contributed by atoms with van der Waals surface area (Å²) in [6.45, 7) is 0.807. The zero-order valence-electron chi connectivity index (χ0n) is 17.9. The van der Waals surface area contributed by atoms with Crippen molar-refractivity contribution < 1.29 is 4.79 Å². The van der Waals surface area contributed by atoms with Crippen LogP contribution in [0.3, 0.4) is 0 Å². The zero-order valence-corrected chi connectivity index (χ0v) is 17.9. The first-order valence-corrected chi connectivity index (χ1v) is 11.2. The number of fused-ring (bicyclic) bond motifs is 2. The highest BCUT2D eigenvalue weighted by atomic mass is 16.2. The number of benzene rings is 1. The molecule has 1 aromatic carbocycles. The second kappa shape index (κ2) is 6.29. The van der Waals surface area contributed by atoms with E-state index in [2.05, 4.69) is 21.3 Å². The second-order valence-corrected chi connectivity index (χ2v) is 9.85. The third-order valence-corrected chi connectivity index (χ3v) is 7.68. The molecule has 162 valence electrons. The number of nitrogens with zero attached hydrogens (tertiary/aromatic N) is 7. The predicted octanol–water partition coefficient (Wildman–Crippen LogP) is 3.69. The molecule has 1 aliphatic heterocycles. The molecule has 8 nitrogen and oxygen atoms in total. The van der Waals surface area contributed by atoms with Crippen LogP contribution in [-0.2, 0) is 11.3 Å². The summed E-state index contributed by atoms with van der Waals surface area (Å²) in [5.41, 5.74) is 3.51. The average Bonchev–Trinajstić information content (AvgIpc) is 3.53. The van der Waals surface area contributed by atoms with E-state index in [0.29, 0.717) is 5.56 Å². The van der Waals surface area contributed by atoms with E-state index < -0.39 is 0 Å². The molecule has 3 aliphatic carbocycles. The standard InChI is InChI=1S/C25H21N7O/c26-10-17-1-3-20-19(9-17)11-29-31(20)16-24-13-25(14-24,15-24)23(33)32-21(5-6-28-32)18-2-4-22-27-7-8-30(22)12-18/h1-4,6-9,11-12,21H,5,13-16H2. The van der Waals surface area contributed by atoms with Gasteiger partial charge in [0.15, 0.2) is 0 Å². The quantitative estimate of drug-likeness (QED) is 0.489. The Kier molecular flexibility index (Phi) is 3.54. The lowest BCUT2D eigenvalue weighted by Gasteiger charge is -2.69. The van der Waals surface area contributed by atoms with Gasteiger partial charge in [-0.1, -0.05) is 6.07 Å². The Morgan fingerprint density at radius 1 is 1.21 bits per heavy atom. The average molecular weight is 435 g/mol. The normalized spacial score (nSPS) is 27.5. The monoisotopic (exact) mass is 435 g/mol. The van der Waals surface area contributed by atoms with E-state index in [1.807, 2.05) is 64.2 Å². The van der Waals surface area contributed by atoms with Crippen LogP contribution >= 0.6 is 0 Å². The van der Waals surface area contributed by atoms with E-state index in [0.717, 1.165) is 54.3 Å². The highest BCUT2D eigenvalue weighted by molar-refractivity contribution is 5.88. The van der Waals surface area contributed by atoms with Crippen molar-refractivity contribution in [3.05, 3.63) is 66.2 Å². The van der Waals surface area contributed by atoms with Crippen molar-refractivity contribution in [2.24, 2.45) is 15.9 Å². The van der Waals surface area contributed by atoms with Gasteiger partial charge in [0.2, 0.25) is 5.91 Å². The summed E-state index contributed by atoms with van der Waals surface area (Å²) in [7, 11) is 0. The number of hydrazone groups is 1. The summed E-state index contributed by atoms with van der Waals surface area (Å²) in [5, 5.41) is 20.9. The number of imidazole rings is 1. The van der Waals surface area contributed by atoms with Gasteiger partial charge in [-0.15, -0.1) is 0 Å². The van der Waals surface area contributed by atoms with Gasteiger partial charge in [0, 0.05) is 43.2 Å². The van der Waals surface area contributed by atoms with Crippen LogP contribution < -0.4 is 0 Å². The van der Waals surface area contributed by atoms with Crippen molar-refractivity contribution in [2.45, 2.75) is 38.3 Å². The molecule has 33 heavy (non-hydrogen) atoms. The molecule has 3 saturated carbocycles. The largest absolute Gasteiger partial charge is 0.307 e. The molecule has 4 aliphatic rings. The second-order valence-electron chi connectivity index (χ2n) is 9.85. The number of hydrogen-bond acceptors (Lipinski definition) is 5. The number of hydrogen-bond donors (Lipinski definition) is 0. The molecule has 3 fully saturated rings. The topological polar surface area (TPSA) is 91.6 Å². The molecule has 0 N–H and O–H groups in total. The molecule has 8 heteroatoms. The van der Waals surface area contributed by atoms with Gasteiger partial charge in [-0.25, -0.2) is 9.99 Å². The van der Waals surface area contributed by atoms with Crippen LogP contribution in [0, 0.1) is 22.2 Å². The fourth-order valence-corrected chi connectivity index (χ4v) is 6.26. The molecule has 1 amide bonds. The number of carbonyl (C=O) groups is 1. The molecule has 8 rings (SSSR count). The predicted molar refractivity (Wildman–Crippen MR) is 121 cm³/mol. The molecular formula is C25H21N7O. The third-order valence-electron chi connectivity index (χ3n) is 7.68. The van der Waals surface area contributed by atoms with Gasteiger partial charge in [-0.05, 0) is 54.5 Å². The van der Waals surface area contributed by atoms with Crippen LogP contribution in [0.1, 0.15) is 42.9 Å². The molecule has 0 radical (unpaired) electrons. The van der Waals surface area contributed by atoms with E-state index in [1.54, 1.807) is 11.2 Å². The molecule has 3 aromatic heterocycles. The summed E-state index contributed by atoms with van der Waals surface area (Å²) in [6.07, 6.45) is 12.8. The highest BCUT2D eigenvalue weighted by Gasteiger charge is 2.72. The fraction of sp³-hybridized carbons (Fsp3) is 0.320. The summed E-state index contributed by atoms with van der Waals surface area (Å²) in [6, 6.07) is 11.8. The maximum absolute atomic E-state index is 13.6. The van der Waals surface area contributed by atoms with Gasteiger partial charge in [0.1, 0.15) is 5.65 Å². The lowest BCUT2D eigenvalue weighted by Crippen LogP contribution is -2.68. The Labute approximate surface area is 189 Å². The molecule has 4 heterocycles. The van der Waals surface area contributed by atoms with E-state index >= 15 is 0 Å². The lowest BCUT2D eigenvalue weighted by molar-refractivity contribution is -0.223. The van der Waals surface area contributed by atoms with Crippen molar-refractivity contribution in [1.82, 2.24) is 24.2 Å². The molecule has 0 saturated heterocycles. The number of aromatic nitrogens is 4. The number of pyridine rings is 1. The SMILES string of the molecule is N#Cc1ccc2c(cnn2CC23CC(C(=O)N4N=CCC4c4ccc5nccn5c4)(C2)C3)c1. The molecule has 0 spiro atoms. The third kappa shape index (κ3) is 2.56. The Morgan fingerprint density at radius 3 is 2.94 bits per heavy atom. The molecule has 1 unspecified atom stereocenters. The molecule has 2 bridgehead atoms. The minimum Gasteiger partial charge on any atom is -0.307 e. The lowest BCUT2D eigenvalue weighted by atomic mass is 9.34. The number of carbonyl (C=O) groups excluding carboxylic acids is 1. The fourth-order valence-electron chi connectivity index (χ4n) is 6.26. The number of amides is 1. The van der Waals surface area contributed by atoms with Crippen LogP contribution in [0.4, 0.5) is 0 Å². The molecule has 1 atom stereocenters. The maximum Gasteiger partial charge on any atom is 0.249 e. The first-order valence-electron chi connectivity index (χ1n) is 11.2. The summed E-state index contributed by atoms with van der Waals surface area (Å²) >= 11 is 0. The van der Waals surface area contributed by atoms with E-state index in [-0.39, 0.29) is 22.8 Å². The van der Waals surface area contributed by atoms with Crippen LogP contribution in [-0.4, -0.2) is 36.3 Å². The van der Waals surface area contributed by atoms with Gasteiger partial charge in [-0.3, -0.25) is 9.48 Å². The van der Waals surface area contributed by atoms with Gasteiger partial charge in [0.05, 0.1) is 34.8 Å². The van der Waals surface area contributed by atoms with Gasteiger partial charge in [0.25, 0.3) is 0 Å². The zero-order chi connectivity index (χ0) is 22.2. The van der Waals surface area contributed by atoms with Crippen LogP contribution in [0.15, 0.2) is 60.2 Å². The minimum absolute atomic E-state index is 0.0568. The van der Waals surface area contributed by atoms with E-state index in [9.17, 15) is 4.79 Å². The van der Waals surface area contributed by atoms with Crippen molar-refractivity contribution >= 4 is 28.7 Å². The number of nitriles is 1. The Bertz CT molecular complexity index is 1500. The summed E-state index contributed by atoms with van der Waals surface area (Å²) in [4.78, 5) is 17.9. The minimum atomic E-state index is -0.282. The summed E-state index contributed by atoms with van der Waals surface area (Å²) in [5.74, 6) is 0.151. The van der Waals surface area contributed by atoms with Gasteiger partial charge in [-0.2, -0.15) is 15.5 Å². The first-order chi connectivity index (χ1) is 16.1. The Morgan fingerprint density at radius 2 is 2.09 bits per heavy atom. The van der Waals surface area contributed by atoms with Gasteiger partial charge >= 0.3 is 0 Å². The van der Waals surface area contributed by atoms with Crippen molar-refractivity contribution in [3.8, 4) is 6.07 Å². The molecule has 4 aromatic rings. The van der Waals surface area contributed by atoms with Crippen molar-refractivity contribution in [2.75, 3.05) is 0 Å². The maximum atomic E-state index is 13.6. The smallest absolute Gasteiger partial charge is 0.249 e. The van der Waals surface area contributed by atoms with Crippen LogP contribution in [0.2, 0.25) is 0 Å². The van der Waals surface area contributed by atoms with Crippen LogP contribution in [0.25, 0.3) is 16.6 Å². The first kappa shape index (κ1) is 18.6. The van der Waals surface area contributed by atoms with Gasteiger partial charge < -0.3 is 4.40 Å². The van der Waals surface area contributed by atoms with Crippen LogP contribution in [0.5, 0.6) is 0 Å². The highest BCUT2D eigenvalue weighted by Crippen LogP contribution is 2.74. The van der Waals surface area contributed by atoms with E-state index in [4.69, 9.17) is 5.26 Å². The Balaban J connectivity index is 1.08. The molecular weight excluding hydrogens is 414 g/mol. The Hall–Kier alpha value is -3.99. The van der Waals surface area contributed by atoms with E-state index in [1.165, 1.54) is 0 Å². The number of rotatable bonds is 4.